The molecule has 164 valence electrons. The zero-order valence-corrected chi connectivity index (χ0v) is 18.1. The molecule has 0 saturated heterocycles. The van der Waals surface area contributed by atoms with Gasteiger partial charge in [-0.2, -0.15) is 0 Å². The number of hydrogen-bond donors (Lipinski definition) is 4. The van der Waals surface area contributed by atoms with Gasteiger partial charge in [0.25, 0.3) is 0 Å². The van der Waals surface area contributed by atoms with E-state index in [9.17, 15) is 0 Å². The van der Waals surface area contributed by atoms with Gasteiger partial charge in [0.05, 0.1) is 13.2 Å². The number of unbranched alkanes of at least 4 members (excludes halogenated alkanes) is 12. The first kappa shape index (κ1) is 29.0. The average Bonchev–Trinajstić information content (AvgIpc) is 2.59. The van der Waals surface area contributed by atoms with Crippen LogP contribution in [0.4, 0.5) is 0 Å². The zero-order valence-electron chi connectivity index (χ0n) is 17.2. The van der Waals surface area contributed by atoms with E-state index in [0.29, 0.717) is 6.61 Å². The SMILES string of the molecule is CCCCCCCC/C=C/CCCCCCCCOCCO.O=P(O)(O)O. The number of phosphoric acid groups is 1. The summed E-state index contributed by atoms with van der Waals surface area (Å²) in [4.78, 5) is 21.6. The van der Waals surface area contributed by atoms with Crippen LogP contribution in [0.1, 0.15) is 96.8 Å². The van der Waals surface area contributed by atoms with Crippen LogP contribution in [-0.4, -0.2) is 39.6 Å². The van der Waals surface area contributed by atoms with Crippen LogP contribution >= 0.6 is 7.82 Å². The number of aliphatic hydroxyl groups excluding tert-OH is 1. The maximum atomic E-state index is 8.88. The number of aliphatic hydroxyl groups is 1. The second-order valence-corrected chi connectivity index (χ2v) is 7.81. The third-order valence-corrected chi connectivity index (χ3v) is 4.04. The van der Waals surface area contributed by atoms with Crippen molar-refractivity contribution in [3.05, 3.63) is 12.2 Å². The molecule has 7 heteroatoms. The van der Waals surface area contributed by atoms with Crippen LogP contribution in [0.15, 0.2) is 12.2 Å². The highest BCUT2D eigenvalue weighted by Crippen LogP contribution is 2.25. The molecule has 0 aliphatic rings. The van der Waals surface area contributed by atoms with Gasteiger partial charge in [-0.3, -0.25) is 0 Å². The molecule has 4 N–H and O–H groups in total. The zero-order chi connectivity index (χ0) is 20.6. The van der Waals surface area contributed by atoms with Gasteiger partial charge in [0.1, 0.15) is 0 Å². The highest BCUT2D eigenvalue weighted by molar-refractivity contribution is 7.45. The lowest BCUT2D eigenvalue weighted by molar-refractivity contribution is 0.0895. The molecule has 0 bridgehead atoms. The van der Waals surface area contributed by atoms with Crippen molar-refractivity contribution in [2.75, 3.05) is 19.8 Å². The van der Waals surface area contributed by atoms with Crippen molar-refractivity contribution >= 4 is 7.82 Å². The largest absolute Gasteiger partial charge is 0.466 e. The lowest BCUT2D eigenvalue weighted by Gasteiger charge is -2.02. The molecule has 0 aliphatic heterocycles. The Morgan fingerprint density at radius 2 is 1.11 bits per heavy atom. The van der Waals surface area contributed by atoms with E-state index in [1.807, 2.05) is 0 Å². The first-order valence-electron chi connectivity index (χ1n) is 10.5. The molecular formula is C20H43O6P. The molecular weight excluding hydrogens is 367 g/mol. The van der Waals surface area contributed by atoms with Gasteiger partial charge in [0.15, 0.2) is 0 Å². The van der Waals surface area contributed by atoms with E-state index < -0.39 is 7.82 Å². The van der Waals surface area contributed by atoms with Crippen molar-refractivity contribution in [2.45, 2.75) is 96.8 Å². The second-order valence-electron chi connectivity index (χ2n) is 6.79. The van der Waals surface area contributed by atoms with Gasteiger partial charge in [0.2, 0.25) is 0 Å². The van der Waals surface area contributed by atoms with Crippen LogP contribution in [0, 0.1) is 0 Å². The molecule has 0 aliphatic carbocycles. The van der Waals surface area contributed by atoms with Crippen molar-refractivity contribution in [3.63, 3.8) is 0 Å². The first-order valence-corrected chi connectivity index (χ1v) is 12.1. The van der Waals surface area contributed by atoms with E-state index in [0.717, 1.165) is 13.0 Å². The standard InChI is InChI=1S/C20H40O2.H3O4P/c1-2-3-4-5-6-7-8-9-10-11-12-13-14-15-16-17-19-22-20-18-21;1-5(2,3)4/h9-10,21H,2-8,11-20H2,1H3;(H3,1,2,3,4)/b10-9+;. The molecule has 0 unspecified atom stereocenters. The predicted molar refractivity (Wildman–Crippen MR) is 112 cm³/mol. The van der Waals surface area contributed by atoms with E-state index in [-0.39, 0.29) is 6.61 Å². The lowest BCUT2D eigenvalue weighted by Crippen LogP contribution is -2.00. The summed E-state index contributed by atoms with van der Waals surface area (Å²) >= 11 is 0. The molecule has 6 nitrogen and oxygen atoms in total. The summed E-state index contributed by atoms with van der Waals surface area (Å²) in [5.41, 5.74) is 0. The van der Waals surface area contributed by atoms with Gasteiger partial charge in [-0.25, -0.2) is 4.57 Å². The predicted octanol–water partition coefficient (Wildman–Crippen LogP) is 5.10. The van der Waals surface area contributed by atoms with Crippen LogP contribution < -0.4 is 0 Å². The number of ether oxygens (including phenoxy) is 1. The Morgan fingerprint density at radius 1 is 0.704 bits per heavy atom. The van der Waals surface area contributed by atoms with E-state index in [1.54, 1.807) is 0 Å². The average molecular weight is 411 g/mol. The third kappa shape index (κ3) is 41.3. The molecule has 27 heavy (non-hydrogen) atoms. The summed E-state index contributed by atoms with van der Waals surface area (Å²) in [6.45, 7) is 3.72. The van der Waals surface area contributed by atoms with Crippen LogP contribution in [0.2, 0.25) is 0 Å². The highest BCUT2D eigenvalue weighted by Gasteiger charge is 2.00. The number of rotatable bonds is 18. The summed E-state index contributed by atoms with van der Waals surface area (Å²) in [5.74, 6) is 0. The summed E-state index contributed by atoms with van der Waals surface area (Å²) in [5, 5.41) is 8.57. The van der Waals surface area contributed by atoms with E-state index >= 15 is 0 Å². The fraction of sp³-hybridized carbons (Fsp3) is 0.900. The molecule has 0 atom stereocenters. The first-order chi connectivity index (χ1) is 12.9. The summed E-state index contributed by atoms with van der Waals surface area (Å²) < 4.78 is 14.1. The molecule has 0 saturated carbocycles. The fourth-order valence-electron chi connectivity index (χ4n) is 2.62. The summed E-state index contributed by atoms with van der Waals surface area (Å²) in [7, 11) is -4.64. The normalized spacial score (nSPS) is 11.6. The summed E-state index contributed by atoms with van der Waals surface area (Å²) in [6, 6.07) is 0. The van der Waals surface area contributed by atoms with Gasteiger partial charge in [-0.1, -0.05) is 76.9 Å². The topological polar surface area (TPSA) is 107 Å². The van der Waals surface area contributed by atoms with E-state index in [2.05, 4.69) is 19.1 Å². The Kier molecular flexibility index (Phi) is 25.6. The van der Waals surface area contributed by atoms with Crippen molar-refractivity contribution in [1.82, 2.24) is 0 Å². The van der Waals surface area contributed by atoms with Crippen molar-refractivity contribution in [3.8, 4) is 0 Å². The minimum Gasteiger partial charge on any atom is -0.394 e. The van der Waals surface area contributed by atoms with Gasteiger partial charge >= 0.3 is 7.82 Å². The minimum atomic E-state index is -4.64. The molecule has 0 fully saturated rings. The molecule has 0 aromatic carbocycles. The van der Waals surface area contributed by atoms with Gasteiger partial charge in [-0.05, 0) is 32.1 Å². The Morgan fingerprint density at radius 3 is 1.56 bits per heavy atom. The third-order valence-electron chi connectivity index (χ3n) is 4.04. The van der Waals surface area contributed by atoms with Crippen molar-refractivity contribution < 1.29 is 29.1 Å². The Bertz CT molecular complexity index is 335. The van der Waals surface area contributed by atoms with Gasteiger partial charge in [0, 0.05) is 6.61 Å². The molecule has 0 aromatic rings. The minimum absolute atomic E-state index is 0.145. The number of allylic oxidation sites excluding steroid dienone is 2. The molecule has 0 spiro atoms. The molecule has 0 radical (unpaired) electrons. The van der Waals surface area contributed by atoms with Crippen LogP contribution in [-0.2, 0) is 9.30 Å². The van der Waals surface area contributed by atoms with Gasteiger partial charge < -0.3 is 24.5 Å². The highest BCUT2D eigenvalue weighted by atomic mass is 31.2. The maximum Gasteiger partial charge on any atom is 0.466 e. The quantitative estimate of drug-likeness (QED) is 0.142. The van der Waals surface area contributed by atoms with E-state index in [4.69, 9.17) is 29.1 Å². The Hall–Kier alpha value is -0.230. The fourth-order valence-corrected chi connectivity index (χ4v) is 2.62. The van der Waals surface area contributed by atoms with E-state index in [1.165, 1.54) is 83.5 Å². The maximum absolute atomic E-state index is 8.88. The Balaban J connectivity index is 0. The number of hydrogen-bond acceptors (Lipinski definition) is 3. The molecule has 0 rings (SSSR count). The van der Waals surface area contributed by atoms with Crippen LogP contribution in [0.5, 0.6) is 0 Å². The van der Waals surface area contributed by atoms with Crippen LogP contribution in [0.25, 0.3) is 0 Å². The van der Waals surface area contributed by atoms with Crippen molar-refractivity contribution in [1.29, 1.82) is 0 Å². The lowest BCUT2D eigenvalue weighted by atomic mass is 10.1. The van der Waals surface area contributed by atoms with Crippen LogP contribution in [0.3, 0.4) is 0 Å². The monoisotopic (exact) mass is 410 g/mol. The summed E-state index contributed by atoms with van der Waals surface area (Å²) in [6.07, 6.45) is 23.5. The molecule has 0 amide bonds. The second kappa shape index (κ2) is 23.8. The van der Waals surface area contributed by atoms with Crippen molar-refractivity contribution in [2.24, 2.45) is 0 Å². The molecule has 0 aromatic heterocycles. The van der Waals surface area contributed by atoms with Gasteiger partial charge in [-0.15, -0.1) is 0 Å². The molecule has 0 heterocycles. The smallest absolute Gasteiger partial charge is 0.394 e. The Labute approximate surface area is 166 Å².